The van der Waals surface area contributed by atoms with Gasteiger partial charge in [-0.1, -0.05) is 12.1 Å². The topological polar surface area (TPSA) is 46.5 Å². The predicted molar refractivity (Wildman–Crippen MR) is 67.5 cm³/mol. The molecule has 3 heteroatoms. The first-order valence-corrected chi connectivity index (χ1v) is 6.01. The molecule has 0 saturated carbocycles. The molecule has 1 aromatic rings. The van der Waals surface area contributed by atoms with Crippen LogP contribution in [-0.4, -0.2) is 17.7 Å². The second kappa shape index (κ2) is 6.94. The third-order valence-corrected chi connectivity index (χ3v) is 2.64. The summed E-state index contributed by atoms with van der Waals surface area (Å²) >= 11 is 0. The zero-order valence-electron chi connectivity index (χ0n) is 10.5. The minimum atomic E-state index is -0.722. The van der Waals surface area contributed by atoms with Crippen LogP contribution in [0.25, 0.3) is 0 Å². The SMILES string of the molecule is Cc1ccc(C)c(OCCCCCC(=O)O)c1. The van der Waals surface area contributed by atoms with Gasteiger partial charge in [-0.3, -0.25) is 4.79 Å². The molecule has 1 N–H and O–H groups in total. The molecule has 0 spiro atoms. The van der Waals surface area contributed by atoms with Gasteiger partial charge >= 0.3 is 5.97 Å². The molecule has 0 unspecified atom stereocenters. The Labute approximate surface area is 102 Å². The summed E-state index contributed by atoms with van der Waals surface area (Å²) in [5, 5.41) is 8.48. The molecule has 0 aliphatic rings. The van der Waals surface area contributed by atoms with Crippen LogP contribution in [0.1, 0.15) is 36.8 Å². The number of hydrogen-bond donors (Lipinski definition) is 1. The lowest BCUT2D eigenvalue weighted by Crippen LogP contribution is -2.00. The van der Waals surface area contributed by atoms with Gasteiger partial charge < -0.3 is 9.84 Å². The molecule has 1 rings (SSSR count). The van der Waals surface area contributed by atoms with Gasteiger partial charge in [0.25, 0.3) is 0 Å². The van der Waals surface area contributed by atoms with E-state index in [2.05, 4.69) is 12.1 Å². The standard InChI is InChI=1S/C14H20O3/c1-11-7-8-12(2)13(10-11)17-9-5-3-4-6-14(15)16/h7-8,10H,3-6,9H2,1-2H3,(H,15,16). The van der Waals surface area contributed by atoms with Crippen molar-refractivity contribution in [3.05, 3.63) is 29.3 Å². The third kappa shape index (κ3) is 5.38. The van der Waals surface area contributed by atoms with Crippen LogP contribution >= 0.6 is 0 Å². The number of aryl methyl sites for hydroxylation is 2. The number of aliphatic carboxylic acids is 1. The summed E-state index contributed by atoms with van der Waals surface area (Å²) < 4.78 is 5.68. The average molecular weight is 236 g/mol. The molecule has 0 atom stereocenters. The Morgan fingerprint density at radius 3 is 2.71 bits per heavy atom. The molecule has 0 aromatic heterocycles. The monoisotopic (exact) mass is 236 g/mol. The molecule has 94 valence electrons. The molecule has 0 amide bonds. The fraction of sp³-hybridized carbons (Fsp3) is 0.500. The molecular formula is C14H20O3. The summed E-state index contributed by atoms with van der Waals surface area (Å²) in [5.41, 5.74) is 2.33. The average Bonchev–Trinajstić information content (AvgIpc) is 2.27. The van der Waals surface area contributed by atoms with E-state index in [1.165, 1.54) is 5.56 Å². The van der Waals surface area contributed by atoms with Crippen LogP contribution in [0, 0.1) is 13.8 Å². The maximum absolute atomic E-state index is 10.3. The van der Waals surface area contributed by atoms with Crippen LogP contribution in [0.3, 0.4) is 0 Å². The normalized spacial score (nSPS) is 10.2. The van der Waals surface area contributed by atoms with Crippen molar-refractivity contribution in [1.82, 2.24) is 0 Å². The smallest absolute Gasteiger partial charge is 0.303 e. The third-order valence-electron chi connectivity index (χ3n) is 2.64. The Morgan fingerprint density at radius 2 is 2.00 bits per heavy atom. The van der Waals surface area contributed by atoms with Crippen molar-refractivity contribution in [2.45, 2.75) is 39.5 Å². The number of unbranched alkanes of at least 4 members (excludes halogenated alkanes) is 2. The van der Waals surface area contributed by atoms with Gasteiger partial charge in [-0.15, -0.1) is 0 Å². The molecule has 0 heterocycles. The van der Waals surface area contributed by atoms with Crippen LogP contribution in [0.5, 0.6) is 5.75 Å². The van der Waals surface area contributed by atoms with Crippen molar-refractivity contribution in [2.24, 2.45) is 0 Å². The zero-order valence-corrected chi connectivity index (χ0v) is 10.5. The maximum atomic E-state index is 10.3. The number of rotatable bonds is 7. The van der Waals surface area contributed by atoms with Crippen LogP contribution in [0.15, 0.2) is 18.2 Å². The van der Waals surface area contributed by atoms with Crippen molar-refractivity contribution in [1.29, 1.82) is 0 Å². The summed E-state index contributed by atoms with van der Waals surface area (Å²) in [5.74, 6) is 0.212. The number of carboxylic acids is 1. The van der Waals surface area contributed by atoms with E-state index in [1.807, 2.05) is 19.9 Å². The number of benzene rings is 1. The van der Waals surface area contributed by atoms with E-state index >= 15 is 0 Å². The van der Waals surface area contributed by atoms with Gasteiger partial charge in [0.05, 0.1) is 6.61 Å². The fourth-order valence-corrected chi connectivity index (χ4v) is 1.60. The van der Waals surface area contributed by atoms with Crippen LogP contribution in [0.2, 0.25) is 0 Å². The van der Waals surface area contributed by atoms with E-state index in [4.69, 9.17) is 9.84 Å². The maximum Gasteiger partial charge on any atom is 0.303 e. The second-order valence-corrected chi connectivity index (χ2v) is 4.32. The van der Waals surface area contributed by atoms with Crippen molar-refractivity contribution in [3.8, 4) is 5.75 Å². The van der Waals surface area contributed by atoms with E-state index in [0.717, 1.165) is 30.6 Å². The van der Waals surface area contributed by atoms with Gasteiger partial charge in [-0.05, 0) is 50.3 Å². The largest absolute Gasteiger partial charge is 0.493 e. The first-order valence-electron chi connectivity index (χ1n) is 6.01. The highest BCUT2D eigenvalue weighted by Gasteiger charge is 2.00. The Kier molecular flexibility index (Phi) is 5.53. The molecule has 0 bridgehead atoms. The summed E-state index contributed by atoms with van der Waals surface area (Å²) in [4.78, 5) is 10.3. The second-order valence-electron chi connectivity index (χ2n) is 4.32. The van der Waals surface area contributed by atoms with Gasteiger partial charge in [0.15, 0.2) is 0 Å². The Hall–Kier alpha value is -1.51. The Bertz CT molecular complexity index is 372. The molecule has 0 saturated heterocycles. The van der Waals surface area contributed by atoms with Crippen molar-refractivity contribution >= 4 is 5.97 Å². The lowest BCUT2D eigenvalue weighted by Gasteiger charge is -2.09. The summed E-state index contributed by atoms with van der Waals surface area (Å²) in [6, 6.07) is 6.15. The predicted octanol–water partition coefficient (Wildman–Crippen LogP) is 3.33. The van der Waals surface area contributed by atoms with Gasteiger partial charge in [-0.25, -0.2) is 0 Å². The Morgan fingerprint density at radius 1 is 1.24 bits per heavy atom. The van der Waals surface area contributed by atoms with Gasteiger partial charge in [0.2, 0.25) is 0 Å². The van der Waals surface area contributed by atoms with Crippen LogP contribution < -0.4 is 4.74 Å². The highest BCUT2D eigenvalue weighted by molar-refractivity contribution is 5.66. The number of hydrogen-bond acceptors (Lipinski definition) is 2. The zero-order chi connectivity index (χ0) is 12.7. The van der Waals surface area contributed by atoms with Crippen LogP contribution in [-0.2, 0) is 4.79 Å². The molecular weight excluding hydrogens is 216 g/mol. The lowest BCUT2D eigenvalue weighted by molar-refractivity contribution is -0.137. The van der Waals surface area contributed by atoms with Crippen LogP contribution in [0.4, 0.5) is 0 Å². The van der Waals surface area contributed by atoms with E-state index in [1.54, 1.807) is 0 Å². The van der Waals surface area contributed by atoms with Crippen molar-refractivity contribution in [2.75, 3.05) is 6.61 Å². The Balaban J connectivity index is 2.22. The number of ether oxygens (including phenoxy) is 1. The highest BCUT2D eigenvalue weighted by atomic mass is 16.5. The van der Waals surface area contributed by atoms with E-state index < -0.39 is 5.97 Å². The highest BCUT2D eigenvalue weighted by Crippen LogP contribution is 2.19. The fourth-order valence-electron chi connectivity index (χ4n) is 1.60. The number of carbonyl (C=O) groups is 1. The van der Waals surface area contributed by atoms with Gasteiger partial charge in [0, 0.05) is 6.42 Å². The summed E-state index contributed by atoms with van der Waals surface area (Å²) in [6.07, 6.45) is 2.78. The summed E-state index contributed by atoms with van der Waals surface area (Å²) in [6.45, 7) is 4.72. The van der Waals surface area contributed by atoms with E-state index in [-0.39, 0.29) is 6.42 Å². The quantitative estimate of drug-likeness (QED) is 0.739. The number of carboxylic acid groups (broad SMARTS) is 1. The van der Waals surface area contributed by atoms with E-state index in [0.29, 0.717) is 6.61 Å². The van der Waals surface area contributed by atoms with E-state index in [9.17, 15) is 4.79 Å². The van der Waals surface area contributed by atoms with Gasteiger partial charge in [0.1, 0.15) is 5.75 Å². The molecule has 0 radical (unpaired) electrons. The molecule has 3 nitrogen and oxygen atoms in total. The minimum Gasteiger partial charge on any atom is -0.493 e. The molecule has 0 aliphatic heterocycles. The summed E-state index contributed by atoms with van der Waals surface area (Å²) in [7, 11) is 0. The van der Waals surface area contributed by atoms with Gasteiger partial charge in [-0.2, -0.15) is 0 Å². The molecule has 17 heavy (non-hydrogen) atoms. The first kappa shape index (κ1) is 13.6. The van der Waals surface area contributed by atoms with Crippen molar-refractivity contribution < 1.29 is 14.6 Å². The molecule has 1 aromatic carbocycles. The molecule has 0 aliphatic carbocycles. The lowest BCUT2D eigenvalue weighted by atomic mass is 10.1. The van der Waals surface area contributed by atoms with Crippen molar-refractivity contribution in [3.63, 3.8) is 0 Å². The molecule has 0 fully saturated rings. The minimum absolute atomic E-state index is 0.253. The first-order chi connectivity index (χ1) is 8.09.